The van der Waals surface area contributed by atoms with Crippen LogP contribution in [-0.2, 0) is 4.74 Å². The van der Waals surface area contributed by atoms with Crippen molar-refractivity contribution in [2.45, 2.75) is 50.7 Å². The highest BCUT2D eigenvalue weighted by molar-refractivity contribution is 4.99. The minimum Gasteiger partial charge on any atom is -0.393 e. The smallest absolute Gasteiger partial charge is 0.0919 e. The van der Waals surface area contributed by atoms with Crippen LogP contribution in [0, 0.1) is 5.92 Å². The zero-order chi connectivity index (χ0) is 8.82. The van der Waals surface area contributed by atoms with Gasteiger partial charge in [-0.05, 0) is 45.4 Å². The summed E-state index contributed by atoms with van der Waals surface area (Å²) in [6.07, 6.45) is 4.81. The van der Waals surface area contributed by atoms with E-state index in [1.807, 2.05) is 6.92 Å². The van der Waals surface area contributed by atoms with E-state index in [0.717, 1.165) is 0 Å². The molecule has 70 valence electrons. The summed E-state index contributed by atoms with van der Waals surface area (Å²) < 4.78 is 5.96. The van der Waals surface area contributed by atoms with Gasteiger partial charge in [-0.3, -0.25) is 0 Å². The van der Waals surface area contributed by atoms with Crippen molar-refractivity contribution in [3.05, 3.63) is 0 Å². The molecule has 1 aliphatic carbocycles. The molecule has 0 amide bonds. The van der Waals surface area contributed by atoms with Crippen molar-refractivity contribution in [2.24, 2.45) is 5.92 Å². The third-order valence-electron chi connectivity index (χ3n) is 3.70. The quantitative estimate of drug-likeness (QED) is 0.649. The fourth-order valence-electron chi connectivity index (χ4n) is 2.75. The number of hydrogen-bond acceptors (Lipinski definition) is 2. The van der Waals surface area contributed by atoms with Crippen LogP contribution >= 0.6 is 0 Å². The van der Waals surface area contributed by atoms with Gasteiger partial charge < -0.3 is 9.84 Å². The SMILES string of the molecule is CC12CCC(CC1)[C@@](C)(CO)O2. The highest BCUT2D eigenvalue weighted by atomic mass is 16.5. The number of hydrogen-bond donors (Lipinski definition) is 1. The summed E-state index contributed by atoms with van der Waals surface area (Å²) in [6.45, 7) is 4.40. The molecule has 3 aliphatic rings. The summed E-state index contributed by atoms with van der Waals surface area (Å²) in [5.74, 6) is 0.587. The van der Waals surface area contributed by atoms with Crippen molar-refractivity contribution in [1.29, 1.82) is 0 Å². The standard InChI is InChI=1S/C10H18O2/c1-9-5-3-8(4-6-9)10(2,7-11)12-9/h8,11H,3-7H2,1-2H3/t8?,9?,10-/m1/s1. The highest BCUT2D eigenvalue weighted by Gasteiger charge is 2.50. The summed E-state index contributed by atoms with van der Waals surface area (Å²) in [6, 6.07) is 0. The van der Waals surface area contributed by atoms with E-state index in [0.29, 0.717) is 5.92 Å². The Balaban J connectivity index is 2.21. The van der Waals surface area contributed by atoms with Crippen molar-refractivity contribution >= 4 is 0 Å². The lowest BCUT2D eigenvalue weighted by molar-refractivity contribution is -0.250. The Labute approximate surface area is 73.9 Å². The summed E-state index contributed by atoms with van der Waals surface area (Å²) in [5.41, 5.74) is -0.183. The fraction of sp³-hybridized carbons (Fsp3) is 1.00. The maximum atomic E-state index is 9.26. The summed E-state index contributed by atoms with van der Waals surface area (Å²) >= 11 is 0. The van der Waals surface area contributed by atoms with E-state index >= 15 is 0 Å². The first-order valence-electron chi connectivity index (χ1n) is 4.89. The van der Waals surface area contributed by atoms with Crippen LogP contribution in [-0.4, -0.2) is 22.9 Å². The van der Waals surface area contributed by atoms with E-state index in [-0.39, 0.29) is 17.8 Å². The second kappa shape index (κ2) is 2.46. The summed E-state index contributed by atoms with van der Waals surface area (Å²) in [5, 5.41) is 9.26. The third-order valence-corrected chi connectivity index (χ3v) is 3.70. The van der Waals surface area contributed by atoms with Crippen LogP contribution in [0.25, 0.3) is 0 Å². The Morgan fingerprint density at radius 2 is 1.92 bits per heavy atom. The van der Waals surface area contributed by atoms with E-state index in [4.69, 9.17) is 4.74 Å². The molecule has 0 aromatic carbocycles. The lowest BCUT2D eigenvalue weighted by Crippen LogP contribution is -2.57. The van der Waals surface area contributed by atoms with Gasteiger partial charge in [-0.25, -0.2) is 0 Å². The van der Waals surface area contributed by atoms with Crippen molar-refractivity contribution in [1.82, 2.24) is 0 Å². The molecular weight excluding hydrogens is 152 g/mol. The zero-order valence-electron chi connectivity index (χ0n) is 7.97. The van der Waals surface area contributed by atoms with Crippen LogP contribution in [0.15, 0.2) is 0 Å². The van der Waals surface area contributed by atoms with Crippen LogP contribution in [0.4, 0.5) is 0 Å². The largest absolute Gasteiger partial charge is 0.393 e. The third kappa shape index (κ3) is 1.09. The van der Waals surface area contributed by atoms with Gasteiger partial charge in [0.2, 0.25) is 0 Å². The number of rotatable bonds is 1. The van der Waals surface area contributed by atoms with Crippen LogP contribution < -0.4 is 0 Å². The Kier molecular flexibility index (Phi) is 1.74. The second-order valence-corrected chi connectivity index (χ2v) is 4.80. The molecule has 0 aromatic heterocycles. The normalized spacial score (nSPS) is 52.8. The van der Waals surface area contributed by atoms with Gasteiger partial charge in [0.25, 0.3) is 0 Å². The average Bonchev–Trinajstić information content (AvgIpc) is 2.04. The van der Waals surface area contributed by atoms with Gasteiger partial charge in [-0.15, -0.1) is 0 Å². The first kappa shape index (κ1) is 8.52. The van der Waals surface area contributed by atoms with Crippen molar-refractivity contribution in [3.8, 4) is 0 Å². The maximum Gasteiger partial charge on any atom is 0.0919 e. The molecule has 1 saturated carbocycles. The van der Waals surface area contributed by atoms with Crippen molar-refractivity contribution in [2.75, 3.05) is 6.61 Å². The molecule has 2 aliphatic heterocycles. The summed E-state index contributed by atoms with van der Waals surface area (Å²) in [4.78, 5) is 0. The average molecular weight is 170 g/mol. The molecule has 12 heavy (non-hydrogen) atoms. The minimum atomic E-state index is -0.245. The van der Waals surface area contributed by atoms with Gasteiger partial charge in [0.05, 0.1) is 17.8 Å². The van der Waals surface area contributed by atoms with Crippen molar-refractivity contribution < 1.29 is 9.84 Å². The molecule has 1 N–H and O–H groups in total. The van der Waals surface area contributed by atoms with Gasteiger partial charge in [0, 0.05) is 0 Å². The molecule has 2 heterocycles. The molecule has 3 rings (SSSR count). The molecule has 2 saturated heterocycles. The molecule has 1 atom stereocenters. The van der Waals surface area contributed by atoms with Gasteiger partial charge in [-0.1, -0.05) is 0 Å². The first-order valence-corrected chi connectivity index (χ1v) is 4.89. The van der Waals surface area contributed by atoms with Crippen LogP contribution in [0.3, 0.4) is 0 Å². The molecule has 2 heteroatoms. The summed E-state index contributed by atoms with van der Waals surface area (Å²) in [7, 11) is 0. The van der Waals surface area contributed by atoms with E-state index < -0.39 is 0 Å². The predicted molar refractivity (Wildman–Crippen MR) is 46.9 cm³/mol. The molecule has 0 unspecified atom stereocenters. The lowest BCUT2D eigenvalue weighted by Gasteiger charge is -2.54. The van der Waals surface area contributed by atoms with Crippen LogP contribution in [0.5, 0.6) is 0 Å². The number of fused-ring (bicyclic) bond motifs is 3. The van der Waals surface area contributed by atoms with Crippen LogP contribution in [0.1, 0.15) is 39.5 Å². The van der Waals surface area contributed by atoms with Gasteiger partial charge in [-0.2, -0.15) is 0 Å². The van der Waals surface area contributed by atoms with E-state index in [1.54, 1.807) is 0 Å². The van der Waals surface area contributed by atoms with Gasteiger partial charge in [0.15, 0.2) is 0 Å². The highest BCUT2D eigenvalue weighted by Crippen LogP contribution is 2.49. The number of aliphatic hydroxyl groups is 1. The second-order valence-electron chi connectivity index (χ2n) is 4.80. The first-order chi connectivity index (χ1) is 5.58. The van der Waals surface area contributed by atoms with Gasteiger partial charge >= 0.3 is 0 Å². The van der Waals surface area contributed by atoms with E-state index in [1.165, 1.54) is 25.7 Å². The number of ether oxygens (including phenoxy) is 1. The molecule has 0 aromatic rings. The Hall–Kier alpha value is -0.0800. The minimum absolute atomic E-state index is 0.0617. The molecule has 0 spiro atoms. The Morgan fingerprint density at radius 1 is 1.33 bits per heavy atom. The predicted octanol–water partition coefficient (Wildman–Crippen LogP) is 1.72. The zero-order valence-corrected chi connectivity index (χ0v) is 7.97. The van der Waals surface area contributed by atoms with Gasteiger partial charge in [0.1, 0.15) is 0 Å². The van der Waals surface area contributed by atoms with E-state index in [2.05, 4.69) is 6.92 Å². The molecule has 0 radical (unpaired) electrons. The number of aliphatic hydroxyl groups excluding tert-OH is 1. The lowest BCUT2D eigenvalue weighted by atomic mass is 9.68. The van der Waals surface area contributed by atoms with Crippen LogP contribution in [0.2, 0.25) is 0 Å². The topological polar surface area (TPSA) is 29.5 Å². The van der Waals surface area contributed by atoms with Crippen molar-refractivity contribution in [3.63, 3.8) is 0 Å². The van der Waals surface area contributed by atoms with E-state index in [9.17, 15) is 5.11 Å². The Bertz CT molecular complexity index is 182. The maximum absolute atomic E-state index is 9.26. The molecular formula is C10H18O2. The Morgan fingerprint density at radius 3 is 2.25 bits per heavy atom. The molecule has 2 bridgehead atoms. The molecule has 3 fully saturated rings. The monoisotopic (exact) mass is 170 g/mol. The molecule has 2 nitrogen and oxygen atoms in total. The fourth-order valence-corrected chi connectivity index (χ4v) is 2.75.